The van der Waals surface area contributed by atoms with Crippen LogP contribution in [0.15, 0.2) is 17.5 Å². The zero-order chi connectivity index (χ0) is 13.3. The molecular formula is C12H22N2O2S2. The van der Waals surface area contributed by atoms with E-state index in [4.69, 9.17) is 0 Å². The van der Waals surface area contributed by atoms with Gasteiger partial charge in [-0.25, -0.2) is 13.1 Å². The number of hydrogen-bond acceptors (Lipinski definition) is 4. The minimum atomic E-state index is -3.11. The lowest BCUT2D eigenvalue weighted by Crippen LogP contribution is -2.30. The van der Waals surface area contributed by atoms with Gasteiger partial charge in [-0.05, 0) is 43.8 Å². The molecule has 0 spiro atoms. The molecule has 1 aromatic heterocycles. The third kappa shape index (κ3) is 7.10. The van der Waals surface area contributed by atoms with Crippen molar-refractivity contribution in [1.82, 2.24) is 10.0 Å². The van der Waals surface area contributed by atoms with Crippen LogP contribution in [-0.4, -0.2) is 33.8 Å². The van der Waals surface area contributed by atoms with Crippen LogP contribution in [0.2, 0.25) is 0 Å². The molecule has 0 aliphatic rings. The minimum Gasteiger partial charge on any atom is -0.317 e. The summed E-state index contributed by atoms with van der Waals surface area (Å²) in [5.74, 6) is 0.203. The molecule has 1 aromatic rings. The predicted octanol–water partition coefficient (Wildman–Crippen LogP) is 1.60. The van der Waals surface area contributed by atoms with Crippen LogP contribution in [0, 0.1) is 0 Å². The summed E-state index contributed by atoms with van der Waals surface area (Å²) in [7, 11) is -3.11. The molecular weight excluding hydrogens is 268 g/mol. The molecule has 0 saturated carbocycles. The molecule has 6 heteroatoms. The van der Waals surface area contributed by atoms with E-state index in [1.54, 1.807) is 11.3 Å². The Morgan fingerprint density at radius 1 is 1.28 bits per heavy atom. The van der Waals surface area contributed by atoms with Gasteiger partial charge in [-0.1, -0.05) is 13.0 Å². The maximum Gasteiger partial charge on any atom is 0.211 e. The maximum atomic E-state index is 11.7. The molecule has 0 saturated heterocycles. The van der Waals surface area contributed by atoms with Gasteiger partial charge in [0.15, 0.2) is 0 Å². The Balaban J connectivity index is 2.11. The van der Waals surface area contributed by atoms with E-state index in [2.05, 4.69) is 17.0 Å². The molecule has 18 heavy (non-hydrogen) atoms. The Hall–Kier alpha value is -0.430. The normalized spacial score (nSPS) is 11.8. The highest BCUT2D eigenvalue weighted by atomic mass is 32.2. The highest BCUT2D eigenvalue weighted by Crippen LogP contribution is 2.08. The highest BCUT2D eigenvalue weighted by Gasteiger charge is 2.08. The monoisotopic (exact) mass is 290 g/mol. The average Bonchev–Trinajstić information content (AvgIpc) is 2.81. The summed E-state index contributed by atoms with van der Waals surface area (Å²) in [5.41, 5.74) is 0. The lowest BCUT2D eigenvalue weighted by molar-refractivity contribution is 0.575. The fourth-order valence-electron chi connectivity index (χ4n) is 1.55. The van der Waals surface area contributed by atoms with Gasteiger partial charge in [0.05, 0.1) is 5.75 Å². The number of thiophene rings is 1. The zero-order valence-corrected chi connectivity index (χ0v) is 12.4. The molecule has 0 aliphatic heterocycles. The molecule has 1 rings (SSSR count). The van der Waals surface area contributed by atoms with E-state index in [0.717, 1.165) is 25.9 Å². The van der Waals surface area contributed by atoms with Crippen LogP contribution in [0.4, 0.5) is 0 Å². The molecule has 0 aromatic carbocycles. The Morgan fingerprint density at radius 2 is 2.11 bits per heavy atom. The Kier molecular flexibility index (Phi) is 7.50. The molecule has 0 aliphatic carbocycles. The number of nitrogens with one attached hydrogen (secondary N) is 2. The Labute approximate surface area is 114 Å². The van der Waals surface area contributed by atoms with Crippen LogP contribution in [0.25, 0.3) is 0 Å². The molecule has 0 radical (unpaired) electrons. The summed E-state index contributed by atoms with van der Waals surface area (Å²) >= 11 is 1.66. The van der Waals surface area contributed by atoms with Crippen LogP contribution in [0.5, 0.6) is 0 Å². The van der Waals surface area contributed by atoms with Crippen molar-refractivity contribution in [2.24, 2.45) is 0 Å². The van der Waals surface area contributed by atoms with E-state index < -0.39 is 10.0 Å². The largest absolute Gasteiger partial charge is 0.317 e. The molecule has 0 fully saturated rings. The van der Waals surface area contributed by atoms with E-state index in [9.17, 15) is 8.42 Å². The lowest BCUT2D eigenvalue weighted by atomic mass is 10.3. The molecule has 2 N–H and O–H groups in total. The quantitative estimate of drug-likeness (QED) is 0.644. The van der Waals surface area contributed by atoms with Crippen LogP contribution in [0.1, 0.15) is 24.6 Å². The van der Waals surface area contributed by atoms with E-state index in [0.29, 0.717) is 13.0 Å². The summed E-state index contributed by atoms with van der Waals surface area (Å²) in [6.07, 6.45) is 2.51. The van der Waals surface area contributed by atoms with Crippen LogP contribution < -0.4 is 10.0 Å². The van der Waals surface area contributed by atoms with Gasteiger partial charge in [-0.3, -0.25) is 0 Å². The second-order valence-electron chi connectivity index (χ2n) is 4.15. The maximum absolute atomic E-state index is 11.7. The van der Waals surface area contributed by atoms with Crippen LogP contribution in [-0.2, 0) is 16.4 Å². The number of sulfonamides is 1. The first-order valence-electron chi connectivity index (χ1n) is 6.34. The van der Waals surface area contributed by atoms with E-state index in [-0.39, 0.29) is 5.75 Å². The van der Waals surface area contributed by atoms with Gasteiger partial charge in [0.1, 0.15) is 0 Å². The van der Waals surface area contributed by atoms with Crippen molar-refractivity contribution in [2.75, 3.05) is 25.4 Å². The molecule has 1 heterocycles. The Morgan fingerprint density at radius 3 is 2.78 bits per heavy atom. The first kappa shape index (κ1) is 15.6. The minimum absolute atomic E-state index is 0.203. The van der Waals surface area contributed by atoms with Crippen molar-refractivity contribution in [3.05, 3.63) is 22.4 Å². The standard InChI is InChI=1S/C12H22N2O2S2/c1-2-7-13-8-4-11-18(15,16)14-9-6-12-5-3-10-17-12/h3,5,10,13-14H,2,4,6-9,11H2,1H3. The third-order valence-electron chi connectivity index (χ3n) is 2.47. The second kappa shape index (κ2) is 8.63. The average molecular weight is 290 g/mol. The first-order valence-corrected chi connectivity index (χ1v) is 8.87. The molecule has 104 valence electrons. The van der Waals surface area contributed by atoms with Crippen LogP contribution >= 0.6 is 11.3 Å². The smallest absolute Gasteiger partial charge is 0.211 e. The van der Waals surface area contributed by atoms with Crippen molar-refractivity contribution in [3.8, 4) is 0 Å². The summed E-state index contributed by atoms with van der Waals surface area (Å²) in [4.78, 5) is 1.21. The molecule has 0 unspecified atom stereocenters. The molecule has 0 bridgehead atoms. The fourth-order valence-corrected chi connectivity index (χ4v) is 3.34. The first-order chi connectivity index (χ1) is 8.64. The van der Waals surface area contributed by atoms with Gasteiger partial charge in [-0.2, -0.15) is 0 Å². The van der Waals surface area contributed by atoms with Gasteiger partial charge in [0.2, 0.25) is 10.0 Å². The van der Waals surface area contributed by atoms with Gasteiger partial charge < -0.3 is 5.32 Å². The van der Waals surface area contributed by atoms with E-state index in [1.807, 2.05) is 17.5 Å². The summed E-state index contributed by atoms with van der Waals surface area (Å²) < 4.78 is 26.0. The zero-order valence-electron chi connectivity index (χ0n) is 10.8. The molecule has 4 nitrogen and oxygen atoms in total. The van der Waals surface area contributed by atoms with Crippen molar-refractivity contribution >= 4 is 21.4 Å². The van der Waals surface area contributed by atoms with Gasteiger partial charge in [0.25, 0.3) is 0 Å². The van der Waals surface area contributed by atoms with E-state index >= 15 is 0 Å². The lowest BCUT2D eigenvalue weighted by Gasteiger charge is -2.06. The molecule has 0 amide bonds. The summed E-state index contributed by atoms with van der Waals surface area (Å²) in [6.45, 7) is 4.30. The summed E-state index contributed by atoms with van der Waals surface area (Å²) in [5, 5.41) is 5.20. The van der Waals surface area contributed by atoms with Gasteiger partial charge in [-0.15, -0.1) is 11.3 Å². The predicted molar refractivity (Wildman–Crippen MR) is 77.6 cm³/mol. The Bertz CT molecular complexity index is 402. The van der Waals surface area contributed by atoms with Gasteiger partial charge in [0, 0.05) is 11.4 Å². The number of rotatable bonds is 10. The van der Waals surface area contributed by atoms with E-state index in [1.165, 1.54) is 4.88 Å². The van der Waals surface area contributed by atoms with Crippen molar-refractivity contribution in [2.45, 2.75) is 26.2 Å². The van der Waals surface area contributed by atoms with Gasteiger partial charge >= 0.3 is 0 Å². The number of hydrogen-bond donors (Lipinski definition) is 2. The van der Waals surface area contributed by atoms with Crippen molar-refractivity contribution < 1.29 is 8.42 Å². The fraction of sp³-hybridized carbons (Fsp3) is 0.667. The third-order valence-corrected chi connectivity index (χ3v) is 4.87. The van der Waals surface area contributed by atoms with Crippen LogP contribution in [0.3, 0.4) is 0 Å². The topological polar surface area (TPSA) is 58.2 Å². The SMILES string of the molecule is CCCNCCCS(=O)(=O)NCCc1cccs1. The van der Waals surface area contributed by atoms with Crippen molar-refractivity contribution in [1.29, 1.82) is 0 Å². The molecule has 0 atom stereocenters. The second-order valence-corrected chi connectivity index (χ2v) is 7.10. The highest BCUT2D eigenvalue weighted by molar-refractivity contribution is 7.89. The summed E-state index contributed by atoms with van der Waals surface area (Å²) in [6, 6.07) is 4.00. The van der Waals surface area contributed by atoms with Crippen molar-refractivity contribution in [3.63, 3.8) is 0 Å².